The van der Waals surface area contributed by atoms with E-state index in [1.54, 1.807) is 24.3 Å². The van der Waals surface area contributed by atoms with Crippen LogP contribution in [0.2, 0.25) is 0 Å². The predicted octanol–water partition coefficient (Wildman–Crippen LogP) is 2.69. The fourth-order valence-electron chi connectivity index (χ4n) is 2.57. The third kappa shape index (κ3) is 3.96. The molecular formula is C15H21NO3. The van der Waals surface area contributed by atoms with Crippen molar-refractivity contribution in [2.75, 3.05) is 13.2 Å². The number of ether oxygens (including phenoxy) is 1. The summed E-state index contributed by atoms with van der Waals surface area (Å²) in [6, 6.07) is 6.60. The van der Waals surface area contributed by atoms with E-state index in [1.165, 1.54) is 25.7 Å². The quantitative estimate of drug-likeness (QED) is 0.775. The number of benzene rings is 1. The minimum atomic E-state index is -0.929. The van der Waals surface area contributed by atoms with Gasteiger partial charge < -0.3 is 15.2 Å². The average molecular weight is 263 g/mol. The number of nitrogens with one attached hydrogen (secondary N) is 1. The molecule has 0 amide bonds. The summed E-state index contributed by atoms with van der Waals surface area (Å²) in [5, 5.41) is 12.4. The Morgan fingerprint density at radius 2 is 2.16 bits per heavy atom. The Balaban J connectivity index is 1.76. The molecule has 4 heteroatoms. The summed E-state index contributed by atoms with van der Waals surface area (Å²) in [5.74, 6) is -0.319. The van der Waals surface area contributed by atoms with Crippen LogP contribution in [0.25, 0.3) is 0 Å². The standard InChI is InChI=1S/C15H21NO3/c1-15(7-2-3-8-15)16-9-10-19-13-6-4-5-12(11-13)14(17)18/h4-6,11,16H,2-3,7-10H2,1H3,(H,17,18). The first-order chi connectivity index (χ1) is 9.09. The molecule has 0 atom stereocenters. The summed E-state index contributed by atoms with van der Waals surface area (Å²) < 4.78 is 5.58. The van der Waals surface area contributed by atoms with E-state index in [0.717, 1.165) is 6.54 Å². The first-order valence-electron chi connectivity index (χ1n) is 6.80. The number of carboxylic acid groups (broad SMARTS) is 1. The molecule has 2 N–H and O–H groups in total. The van der Waals surface area contributed by atoms with Crippen LogP contribution in [0.4, 0.5) is 0 Å². The molecule has 0 unspecified atom stereocenters. The second-order valence-corrected chi connectivity index (χ2v) is 5.38. The predicted molar refractivity (Wildman–Crippen MR) is 73.8 cm³/mol. The smallest absolute Gasteiger partial charge is 0.335 e. The van der Waals surface area contributed by atoms with E-state index in [2.05, 4.69) is 12.2 Å². The summed E-state index contributed by atoms with van der Waals surface area (Å²) >= 11 is 0. The lowest BCUT2D eigenvalue weighted by Gasteiger charge is -2.25. The highest BCUT2D eigenvalue weighted by Gasteiger charge is 2.27. The molecule has 1 aromatic carbocycles. The molecule has 1 aliphatic carbocycles. The van der Waals surface area contributed by atoms with Crippen molar-refractivity contribution < 1.29 is 14.6 Å². The van der Waals surface area contributed by atoms with Gasteiger partial charge in [-0.3, -0.25) is 0 Å². The minimum absolute atomic E-state index is 0.256. The van der Waals surface area contributed by atoms with E-state index < -0.39 is 5.97 Å². The van der Waals surface area contributed by atoms with Gasteiger partial charge in [0.05, 0.1) is 5.56 Å². The van der Waals surface area contributed by atoms with Crippen LogP contribution in [0.5, 0.6) is 5.75 Å². The molecule has 1 aromatic rings. The number of carbonyl (C=O) groups is 1. The second kappa shape index (κ2) is 6.06. The van der Waals surface area contributed by atoms with Gasteiger partial charge in [-0.1, -0.05) is 18.9 Å². The van der Waals surface area contributed by atoms with Crippen LogP contribution >= 0.6 is 0 Å². The van der Waals surface area contributed by atoms with E-state index in [-0.39, 0.29) is 11.1 Å². The molecule has 4 nitrogen and oxygen atoms in total. The third-order valence-electron chi connectivity index (χ3n) is 3.71. The normalized spacial score (nSPS) is 17.3. The molecule has 0 spiro atoms. The zero-order chi connectivity index (χ0) is 13.7. The molecule has 0 saturated heterocycles. The maximum absolute atomic E-state index is 10.8. The highest BCUT2D eigenvalue weighted by atomic mass is 16.5. The number of aromatic carboxylic acids is 1. The van der Waals surface area contributed by atoms with Crippen LogP contribution in [0.15, 0.2) is 24.3 Å². The minimum Gasteiger partial charge on any atom is -0.492 e. The Labute approximate surface area is 113 Å². The van der Waals surface area contributed by atoms with E-state index in [0.29, 0.717) is 12.4 Å². The molecule has 0 heterocycles. The van der Waals surface area contributed by atoms with Crippen LogP contribution in [-0.4, -0.2) is 29.8 Å². The van der Waals surface area contributed by atoms with Gasteiger partial charge in [0.15, 0.2) is 0 Å². The van der Waals surface area contributed by atoms with Gasteiger partial charge in [0.2, 0.25) is 0 Å². The highest BCUT2D eigenvalue weighted by Crippen LogP contribution is 2.28. The average Bonchev–Trinajstić information content (AvgIpc) is 2.82. The molecule has 0 bridgehead atoms. The van der Waals surface area contributed by atoms with Gasteiger partial charge in [-0.25, -0.2) is 4.79 Å². The van der Waals surface area contributed by atoms with Crippen molar-refractivity contribution in [3.63, 3.8) is 0 Å². The largest absolute Gasteiger partial charge is 0.492 e. The number of hydrogen-bond acceptors (Lipinski definition) is 3. The van der Waals surface area contributed by atoms with E-state index in [4.69, 9.17) is 9.84 Å². The van der Waals surface area contributed by atoms with Crippen molar-refractivity contribution >= 4 is 5.97 Å². The van der Waals surface area contributed by atoms with Crippen molar-refractivity contribution in [1.29, 1.82) is 0 Å². The topological polar surface area (TPSA) is 58.6 Å². The van der Waals surface area contributed by atoms with Crippen LogP contribution in [0, 0.1) is 0 Å². The Bertz CT molecular complexity index is 439. The molecule has 1 aliphatic rings. The van der Waals surface area contributed by atoms with Gasteiger partial charge in [0.1, 0.15) is 12.4 Å². The lowest BCUT2D eigenvalue weighted by atomic mass is 10.0. The number of carboxylic acids is 1. The number of hydrogen-bond donors (Lipinski definition) is 2. The first-order valence-corrected chi connectivity index (χ1v) is 6.80. The summed E-state index contributed by atoms with van der Waals surface area (Å²) in [7, 11) is 0. The van der Waals surface area contributed by atoms with Crippen LogP contribution < -0.4 is 10.1 Å². The van der Waals surface area contributed by atoms with Crippen molar-refractivity contribution in [1.82, 2.24) is 5.32 Å². The zero-order valence-electron chi connectivity index (χ0n) is 11.3. The van der Waals surface area contributed by atoms with Crippen molar-refractivity contribution in [2.45, 2.75) is 38.1 Å². The van der Waals surface area contributed by atoms with Crippen molar-refractivity contribution in [3.05, 3.63) is 29.8 Å². The van der Waals surface area contributed by atoms with Crippen LogP contribution in [-0.2, 0) is 0 Å². The maximum Gasteiger partial charge on any atom is 0.335 e. The van der Waals surface area contributed by atoms with Gasteiger partial charge in [-0.2, -0.15) is 0 Å². The Kier molecular flexibility index (Phi) is 4.43. The van der Waals surface area contributed by atoms with Gasteiger partial charge in [-0.15, -0.1) is 0 Å². The van der Waals surface area contributed by atoms with Gasteiger partial charge in [0, 0.05) is 12.1 Å². The van der Waals surface area contributed by atoms with Crippen LogP contribution in [0.3, 0.4) is 0 Å². The molecule has 2 rings (SSSR count). The second-order valence-electron chi connectivity index (χ2n) is 5.38. The van der Waals surface area contributed by atoms with Crippen LogP contribution in [0.1, 0.15) is 43.0 Å². The maximum atomic E-state index is 10.8. The van der Waals surface area contributed by atoms with Crippen molar-refractivity contribution in [3.8, 4) is 5.75 Å². The first kappa shape index (κ1) is 13.9. The monoisotopic (exact) mass is 263 g/mol. The fraction of sp³-hybridized carbons (Fsp3) is 0.533. The molecule has 104 valence electrons. The highest BCUT2D eigenvalue weighted by molar-refractivity contribution is 5.87. The Hall–Kier alpha value is -1.55. The van der Waals surface area contributed by atoms with Gasteiger partial charge in [0.25, 0.3) is 0 Å². The van der Waals surface area contributed by atoms with Crippen molar-refractivity contribution in [2.24, 2.45) is 0 Å². The molecule has 1 fully saturated rings. The lowest BCUT2D eigenvalue weighted by molar-refractivity contribution is 0.0696. The SMILES string of the molecule is CC1(NCCOc2cccc(C(=O)O)c2)CCCC1. The van der Waals surface area contributed by atoms with E-state index in [9.17, 15) is 4.79 Å². The third-order valence-corrected chi connectivity index (χ3v) is 3.71. The number of rotatable bonds is 6. The van der Waals surface area contributed by atoms with E-state index >= 15 is 0 Å². The van der Waals surface area contributed by atoms with Gasteiger partial charge >= 0.3 is 5.97 Å². The molecule has 19 heavy (non-hydrogen) atoms. The molecule has 0 aromatic heterocycles. The summed E-state index contributed by atoms with van der Waals surface area (Å²) in [6.45, 7) is 3.59. The Morgan fingerprint density at radius 1 is 1.42 bits per heavy atom. The Morgan fingerprint density at radius 3 is 2.84 bits per heavy atom. The summed E-state index contributed by atoms with van der Waals surface area (Å²) in [6.07, 6.45) is 5.04. The fourth-order valence-corrected chi connectivity index (χ4v) is 2.57. The molecule has 0 radical (unpaired) electrons. The van der Waals surface area contributed by atoms with E-state index in [1.807, 2.05) is 0 Å². The molecule has 1 saturated carbocycles. The summed E-state index contributed by atoms with van der Waals surface area (Å²) in [4.78, 5) is 10.8. The van der Waals surface area contributed by atoms with Gasteiger partial charge in [-0.05, 0) is 38.0 Å². The zero-order valence-corrected chi connectivity index (χ0v) is 11.3. The molecular weight excluding hydrogens is 242 g/mol. The lowest BCUT2D eigenvalue weighted by Crippen LogP contribution is -2.41. The molecule has 0 aliphatic heterocycles. The summed E-state index contributed by atoms with van der Waals surface area (Å²) in [5.41, 5.74) is 0.514.